The van der Waals surface area contributed by atoms with Crippen LogP contribution in [0.1, 0.15) is 61.2 Å². The first kappa shape index (κ1) is 23.1. The van der Waals surface area contributed by atoms with Gasteiger partial charge < -0.3 is 19.6 Å². The summed E-state index contributed by atoms with van der Waals surface area (Å²) in [4.78, 5) is 14.0. The Morgan fingerprint density at radius 3 is 2.80 bits per heavy atom. The van der Waals surface area contributed by atoms with Gasteiger partial charge in [-0.05, 0) is 86.7 Å². The van der Waals surface area contributed by atoms with Gasteiger partial charge in [-0.25, -0.2) is 4.98 Å². The Bertz CT molecular complexity index is 1180. The van der Waals surface area contributed by atoms with Crippen molar-refractivity contribution in [2.75, 3.05) is 32.8 Å². The number of nitrogens with zero attached hydrogens (tertiary/aromatic N) is 2. The minimum absolute atomic E-state index is 0.0365. The number of aromatic amines is 2. The zero-order valence-electron chi connectivity index (χ0n) is 20.1. The second-order valence-electron chi connectivity index (χ2n) is 10.9. The zero-order chi connectivity index (χ0) is 24.2. The quantitative estimate of drug-likeness (QED) is 0.501. The lowest BCUT2D eigenvalue weighted by Gasteiger charge is -2.45. The van der Waals surface area contributed by atoms with Gasteiger partial charge in [-0.2, -0.15) is 13.2 Å². The standard InChI is InChI=1S/C27H33F3N4O/c1-17-21-16-34(11-5-26(6-12-35-13-7-26)25-31-8-9-32-25)10-4-18(21)14-23-24(17)20-15-19(27(28,29)30)2-3-22(20)33-23/h2-3,8-9,15,17-18,21,33H,4-7,10-14,16H2,1H3,(H,31,32)/t17-,18-,21-/m1/s1. The Hall–Kier alpha value is -2.32. The molecule has 2 aromatic heterocycles. The molecule has 188 valence electrons. The van der Waals surface area contributed by atoms with Crippen LogP contribution in [0.4, 0.5) is 13.2 Å². The van der Waals surface area contributed by atoms with Crippen molar-refractivity contribution in [3.8, 4) is 0 Å². The number of rotatable bonds is 4. The first-order chi connectivity index (χ1) is 16.8. The molecule has 35 heavy (non-hydrogen) atoms. The predicted octanol–water partition coefficient (Wildman–Crippen LogP) is 5.65. The van der Waals surface area contributed by atoms with Crippen molar-refractivity contribution in [3.05, 3.63) is 53.2 Å². The molecule has 2 saturated heterocycles. The highest BCUT2D eigenvalue weighted by atomic mass is 19.4. The van der Waals surface area contributed by atoms with Gasteiger partial charge >= 0.3 is 6.18 Å². The van der Waals surface area contributed by atoms with Crippen molar-refractivity contribution in [2.45, 2.75) is 56.5 Å². The fraction of sp³-hybridized carbons (Fsp3) is 0.593. The highest BCUT2D eigenvalue weighted by molar-refractivity contribution is 5.86. The van der Waals surface area contributed by atoms with E-state index in [1.165, 1.54) is 12.1 Å². The molecule has 0 saturated carbocycles. The van der Waals surface area contributed by atoms with Crippen LogP contribution in [-0.2, 0) is 22.7 Å². The number of alkyl halides is 3. The summed E-state index contributed by atoms with van der Waals surface area (Å²) in [5.41, 5.74) is 2.54. The molecule has 3 aliphatic rings. The molecule has 2 aliphatic heterocycles. The van der Waals surface area contributed by atoms with Crippen LogP contribution in [-0.4, -0.2) is 52.7 Å². The van der Waals surface area contributed by atoms with E-state index in [0.29, 0.717) is 11.8 Å². The molecule has 2 N–H and O–H groups in total. The van der Waals surface area contributed by atoms with Crippen molar-refractivity contribution in [3.63, 3.8) is 0 Å². The summed E-state index contributed by atoms with van der Waals surface area (Å²) in [5.74, 6) is 2.33. The van der Waals surface area contributed by atoms with Crippen molar-refractivity contribution in [1.82, 2.24) is 19.9 Å². The number of hydrogen-bond acceptors (Lipinski definition) is 3. The summed E-state index contributed by atoms with van der Waals surface area (Å²) in [6.45, 7) is 6.84. The third kappa shape index (κ3) is 4.08. The SMILES string of the molecule is C[C@H]1c2c([nH]c3ccc(C(F)(F)F)cc23)C[C@H]2CCN(CCC3(c4ncc[nH]4)CCOCC3)C[C@@H]21. The number of H-pyrrole nitrogens is 2. The average Bonchev–Trinajstić information content (AvgIpc) is 3.51. The smallest absolute Gasteiger partial charge is 0.381 e. The minimum Gasteiger partial charge on any atom is -0.381 e. The predicted molar refractivity (Wildman–Crippen MR) is 128 cm³/mol. The van der Waals surface area contributed by atoms with Gasteiger partial charge in [-0.15, -0.1) is 0 Å². The van der Waals surface area contributed by atoms with E-state index in [0.717, 1.165) is 92.9 Å². The Balaban J connectivity index is 1.21. The van der Waals surface area contributed by atoms with Crippen LogP contribution in [0.2, 0.25) is 0 Å². The number of likely N-dealkylation sites (tertiary alicyclic amines) is 1. The number of imidazole rings is 1. The highest BCUT2D eigenvalue weighted by Crippen LogP contribution is 2.47. The maximum atomic E-state index is 13.4. The lowest BCUT2D eigenvalue weighted by Crippen LogP contribution is -2.47. The largest absolute Gasteiger partial charge is 0.416 e. The molecule has 0 radical (unpaired) electrons. The van der Waals surface area contributed by atoms with Gasteiger partial charge in [0.15, 0.2) is 0 Å². The molecule has 4 heterocycles. The first-order valence-electron chi connectivity index (χ1n) is 12.9. The Morgan fingerprint density at radius 1 is 1.23 bits per heavy atom. The lowest BCUT2D eigenvalue weighted by atomic mass is 9.68. The molecule has 3 atom stereocenters. The van der Waals surface area contributed by atoms with E-state index in [1.54, 1.807) is 6.07 Å². The zero-order valence-corrected chi connectivity index (χ0v) is 20.1. The number of nitrogens with one attached hydrogen (secondary N) is 2. The molecular formula is C27H33F3N4O. The summed E-state index contributed by atoms with van der Waals surface area (Å²) in [6.07, 6.45) is 4.50. The third-order valence-electron chi connectivity index (χ3n) is 9.06. The van der Waals surface area contributed by atoms with Crippen molar-refractivity contribution >= 4 is 10.9 Å². The first-order valence-corrected chi connectivity index (χ1v) is 12.9. The second-order valence-corrected chi connectivity index (χ2v) is 10.9. The number of hydrogen-bond donors (Lipinski definition) is 2. The van der Waals surface area contributed by atoms with E-state index in [-0.39, 0.29) is 11.3 Å². The number of fused-ring (bicyclic) bond motifs is 4. The number of piperidine rings is 1. The summed E-state index contributed by atoms with van der Waals surface area (Å²) in [5, 5.41) is 0.747. The van der Waals surface area contributed by atoms with Gasteiger partial charge in [0, 0.05) is 54.2 Å². The summed E-state index contributed by atoms with van der Waals surface area (Å²) in [6, 6.07) is 4.14. The van der Waals surface area contributed by atoms with E-state index in [2.05, 4.69) is 26.8 Å². The van der Waals surface area contributed by atoms with Crippen LogP contribution >= 0.6 is 0 Å². The average molecular weight is 487 g/mol. The fourth-order valence-electron chi connectivity index (χ4n) is 7.02. The maximum absolute atomic E-state index is 13.4. The Morgan fingerprint density at radius 2 is 2.06 bits per heavy atom. The van der Waals surface area contributed by atoms with Crippen LogP contribution in [0.3, 0.4) is 0 Å². The number of aromatic nitrogens is 3. The monoisotopic (exact) mass is 486 g/mol. The van der Waals surface area contributed by atoms with E-state index < -0.39 is 11.7 Å². The van der Waals surface area contributed by atoms with Crippen LogP contribution < -0.4 is 0 Å². The molecule has 0 bridgehead atoms. The summed E-state index contributed by atoms with van der Waals surface area (Å²) < 4.78 is 45.9. The van der Waals surface area contributed by atoms with E-state index >= 15 is 0 Å². The Kier molecular flexibility index (Phi) is 5.72. The molecule has 0 spiro atoms. The van der Waals surface area contributed by atoms with Gasteiger partial charge in [-0.3, -0.25) is 0 Å². The third-order valence-corrected chi connectivity index (χ3v) is 9.06. The van der Waals surface area contributed by atoms with Crippen molar-refractivity contribution in [1.29, 1.82) is 0 Å². The number of ether oxygens (including phenoxy) is 1. The van der Waals surface area contributed by atoms with Crippen LogP contribution in [0.25, 0.3) is 10.9 Å². The second kappa shape index (κ2) is 8.66. The Labute approximate surface area is 203 Å². The van der Waals surface area contributed by atoms with Crippen LogP contribution in [0, 0.1) is 11.8 Å². The summed E-state index contributed by atoms with van der Waals surface area (Å²) >= 11 is 0. The van der Waals surface area contributed by atoms with Gasteiger partial charge in [0.25, 0.3) is 0 Å². The summed E-state index contributed by atoms with van der Waals surface area (Å²) in [7, 11) is 0. The van der Waals surface area contributed by atoms with Crippen molar-refractivity contribution < 1.29 is 17.9 Å². The van der Waals surface area contributed by atoms with Gasteiger partial charge in [-0.1, -0.05) is 6.92 Å². The topological polar surface area (TPSA) is 56.9 Å². The normalized spacial score (nSPS) is 27.0. The molecule has 1 aliphatic carbocycles. The highest BCUT2D eigenvalue weighted by Gasteiger charge is 2.42. The number of benzene rings is 1. The van der Waals surface area contributed by atoms with Gasteiger partial charge in [0.1, 0.15) is 5.82 Å². The maximum Gasteiger partial charge on any atom is 0.416 e. The van der Waals surface area contributed by atoms with E-state index in [1.807, 2.05) is 12.4 Å². The molecule has 3 aromatic rings. The van der Waals surface area contributed by atoms with Gasteiger partial charge in [0.2, 0.25) is 0 Å². The van der Waals surface area contributed by atoms with E-state index in [4.69, 9.17) is 4.74 Å². The molecule has 1 aromatic carbocycles. The molecular weight excluding hydrogens is 453 g/mol. The molecule has 8 heteroatoms. The van der Waals surface area contributed by atoms with Crippen LogP contribution in [0.15, 0.2) is 30.6 Å². The lowest BCUT2D eigenvalue weighted by molar-refractivity contribution is -0.137. The minimum atomic E-state index is -4.32. The van der Waals surface area contributed by atoms with Crippen molar-refractivity contribution in [2.24, 2.45) is 11.8 Å². The molecule has 5 nitrogen and oxygen atoms in total. The fourth-order valence-corrected chi connectivity index (χ4v) is 7.02. The van der Waals surface area contributed by atoms with Crippen LogP contribution in [0.5, 0.6) is 0 Å². The number of halogens is 3. The van der Waals surface area contributed by atoms with E-state index in [9.17, 15) is 13.2 Å². The molecule has 0 unspecified atom stereocenters. The van der Waals surface area contributed by atoms with Gasteiger partial charge in [0.05, 0.1) is 5.56 Å². The molecule has 0 amide bonds. The molecule has 6 rings (SSSR count). The molecule has 2 fully saturated rings.